The zero-order valence-electron chi connectivity index (χ0n) is 20.9. The van der Waals surface area contributed by atoms with Crippen LogP contribution in [0.15, 0.2) is 41.3 Å². The van der Waals surface area contributed by atoms with Crippen molar-refractivity contribution < 1.29 is 24.5 Å². The zero-order valence-corrected chi connectivity index (χ0v) is 20.9. The molecule has 9 heteroatoms. The summed E-state index contributed by atoms with van der Waals surface area (Å²) in [7, 11) is 3.33. The first-order valence-electron chi connectivity index (χ1n) is 12.5. The lowest BCUT2D eigenvalue weighted by Gasteiger charge is -2.37. The van der Waals surface area contributed by atoms with Gasteiger partial charge < -0.3 is 29.7 Å². The predicted octanol–water partition coefficient (Wildman–Crippen LogP) is 3.02. The minimum absolute atomic E-state index is 0.0702. The maximum absolute atomic E-state index is 13.7. The summed E-state index contributed by atoms with van der Waals surface area (Å²) < 4.78 is 6.61. The molecule has 3 atom stereocenters. The van der Waals surface area contributed by atoms with Crippen LogP contribution in [-0.2, 0) is 23.0 Å². The van der Waals surface area contributed by atoms with Gasteiger partial charge in [-0.25, -0.2) is 4.79 Å². The first-order valence-corrected chi connectivity index (χ1v) is 12.5. The summed E-state index contributed by atoms with van der Waals surface area (Å²) in [5, 5.41) is 23.2. The van der Waals surface area contributed by atoms with E-state index in [1.165, 1.54) is 9.47 Å². The number of benzene rings is 1. The number of carbonyl (C=O) groups excluding carboxylic acids is 1. The molecule has 2 fully saturated rings. The molecule has 2 aliphatic rings. The normalized spacial score (nSPS) is 20.7. The number of phenolic OH excluding ortho intramolecular Hbond substituents is 1. The number of methoxy groups -OCH3 is 1. The highest BCUT2D eigenvalue weighted by atomic mass is 16.5. The maximum Gasteiger partial charge on any atom is 0.407 e. The van der Waals surface area contributed by atoms with Crippen molar-refractivity contribution >= 4 is 12.0 Å². The summed E-state index contributed by atoms with van der Waals surface area (Å²) in [5.74, 6) is -0.686. The molecular weight excluding hydrogens is 462 g/mol. The van der Waals surface area contributed by atoms with Crippen LogP contribution in [0.25, 0.3) is 0 Å². The maximum atomic E-state index is 13.7. The second kappa shape index (κ2) is 11.2. The molecule has 4 rings (SSSR count). The number of aromatic nitrogens is 1. The summed E-state index contributed by atoms with van der Waals surface area (Å²) in [5.41, 5.74) is 2.43. The van der Waals surface area contributed by atoms with Crippen molar-refractivity contribution in [1.82, 2.24) is 14.8 Å². The summed E-state index contributed by atoms with van der Waals surface area (Å²) in [6, 6.07) is 8.58. The highest BCUT2D eigenvalue weighted by Gasteiger charge is 2.40. The number of aryl methyl sites for hydroxylation is 2. The standard InChI is InChI=1S/C27H35N3O6/c1-29-9-7-19(15-24(29)32)22-8-10-30(27(34)35)16-23(22)26(33)28-25(18-5-6-18)20-12-17(4-3-11-36-2)13-21(31)14-20/h7,9,12-15,18,22-23,25,31H,3-6,8,10-11,16H2,1-2H3,(H,28,33)(H,34,35). The van der Waals surface area contributed by atoms with E-state index >= 15 is 0 Å². The molecule has 3 unspecified atom stereocenters. The largest absolute Gasteiger partial charge is 0.508 e. The van der Waals surface area contributed by atoms with E-state index in [2.05, 4.69) is 5.32 Å². The fourth-order valence-electron chi connectivity index (χ4n) is 5.19. The number of pyridine rings is 1. The molecule has 36 heavy (non-hydrogen) atoms. The van der Waals surface area contributed by atoms with Crippen LogP contribution >= 0.6 is 0 Å². The summed E-state index contributed by atoms with van der Waals surface area (Å²) in [4.78, 5) is 39.0. The molecule has 0 radical (unpaired) electrons. The Kier molecular flexibility index (Phi) is 7.98. The van der Waals surface area contributed by atoms with Crippen LogP contribution in [0.4, 0.5) is 4.79 Å². The molecular formula is C27H35N3O6. The van der Waals surface area contributed by atoms with Gasteiger partial charge in [0.1, 0.15) is 5.75 Å². The van der Waals surface area contributed by atoms with Crippen molar-refractivity contribution in [2.45, 2.75) is 44.1 Å². The number of nitrogens with zero attached hydrogens (tertiary/aromatic N) is 2. The SMILES string of the molecule is COCCCc1cc(O)cc(C(NC(=O)C2CN(C(=O)O)CCC2c2ccn(C)c(=O)c2)C2CC2)c1. The number of amides is 2. The number of carbonyl (C=O) groups is 2. The lowest BCUT2D eigenvalue weighted by atomic mass is 9.80. The van der Waals surface area contributed by atoms with E-state index in [0.29, 0.717) is 19.6 Å². The first-order chi connectivity index (χ1) is 17.3. The summed E-state index contributed by atoms with van der Waals surface area (Å²) in [6.45, 7) is 1.00. The van der Waals surface area contributed by atoms with E-state index in [9.17, 15) is 24.6 Å². The van der Waals surface area contributed by atoms with E-state index < -0.39 is 12.0 Å². The average molecular weight is 498 g/mol. The number of phenols is 1. The van der Waals surface area contributed by atoms with Gasteiger partial charge in [-0.3, -0.25) is 9.59 Å². The van der Waals surface area contributed by atoms with Crippen LogP contribution in [0, 0.1) is 11.8 Å². The van der Waals surface area contributed by atoms with Gasteiger partial charge in [0.2, 0.25) is 5.91 Å². The molecule has 194 valence electrons. The molecule has 2 heterocycles. The zero-order chi connectivity index (χ0) is 25.8. The van der Waals surface area contributed by atoms with Crippen molar-refractivity contribution in [3.63, 3.8) is 0 Å². The van der Waals surface area contributed by atoms with Gasteiger partial charge in [0.25, 0.3) is 5.56 Å². The number of likely N-dealkylation sites (tertiary alicyclic amines) is 1. The van der Waals surface area contributed by atoms with Gasteiger partial charge >= 0.3 is 6.09 Å². The molecule has 1 aromatic heterocycles. The molecule has 9 nitrogen and oxygen atoms in total. The molecule has 0 spiro atoms. The van der Waals surface area contributed by atoms with Gasteiger partial charge in [0.05, 0.1) is 12.0 Å². The average Bonchev–Trinajstić information content (AvgIpc) is 3.69. The fraction of sp³-hybridized carbons (Fsp3) is 0.519. The third-order valence-electron chi connectivity index (χ3n) is 7.34. The van der Waals surface area contributed by atoms with Gasteiger partial charge in [-0.1, -0.05) is 6.07 Å². The van der Waals surface area contributed by atoms with Crippen LogP contribution < -0.4 is 10.9 Å². The lowest BCUT2D eigenvalue weighted by Crippen LogP contribution is -2.49. The Balaban J connectivity index is 1.59. The summed E-state index contributed by atoms with van der Waals surface area (Å²) >= 11 is 0. The topological polar surface area (TPSA) is 121 Å². The molecule has 1 saturated heterocycles. The number of aromatic hydroxyl groups is 1. The van der Waals surface area contributed by atoms with Gasteiger partial charge in [0.15, 0.2) is 0 Å². The number of rotatable bonds is 9. The van der Waals surface area contributed by atoms with Crippen LogP contribution in [-0.4, -0.2) is 58.5 Å². The number of hydrogen-bond acceptors (Lipinski definition) is 5. The second-order valence-electron chi connectivity index (χ2n) is 9.99. The van der Waals surface area contributed by atoms with Crippen molar-refractivity contribution in [3.8, 4) is 5.75 Å². The fourth-order valence-corrected chi connectivity index (χ4v) is 5.19. The Labute approximate surface area is 210 Å². The molecule has 1 aromatic carbocycles. The summed E-state index contributed by atoms with van der Waals surface area (Å²) in [6.07, 6.45) is 4.62. The smallest absolute Gasteiger partial charge is 0.407 e. The lowest BCUT2D eigenvalue weighted by molar-refractivity contribution is -0.128. The Morgan fingerprint density at radius 1 is 1.19 bits per heavy atom. The Morgan fingerprint density at radius 2 is 1.97 bits per heavy atom. The predicted molar refractivity (Wildman–Crippen MR) is 134 cm³/mol. The molecule has 1 saturated carbocycles. The molecule has 0 bridgehead atoms. The molecule has 2 amide bonds. The number of hydrogen-bond donors (Lipinski definition) is 3. The minimum Gasteiger partial charge on any atom is -0.508 e. The quantitative estimate of drug-likeness (QED) is 0.458. The van der Waals surface area contributed by atoms with Crippen LogP contribution in [0.2, 0.25) is 0 Å². The third kappa shape index (κ3) is 6.07. The monoisotopic (exact) mass is 497 g/mol. The first kappa shape index (κ1) is 25.8. The number of ether oxygens (including phenoxy) is 1. The van der Waals surface area contributed by atoms with E-state index in [-0.39, 0.29) is 41.6 Å². The van der Waals surface area contributed by atoms with E-state index in [1.807, 2.05) is 12.1 Å². The van der Waals surface area contributed by atoms with Gasteiger partial charge in [-0.2, -0.15) is 0 Å². The van der Waals surface area contributed by atoms with Crippen molar-refractivity contribution in [2.75, 3.05) is 26.8 Å². The molecule has 1 aliphatic carbocycles. The highest BCUT2D eigenvalue weighted by molar-refractivity contribution is 5.81. The van der Waals surface area contributed by atoms with Crippen LogP contribution in [0.1, 0.15) is 54.3 Å². The highest BCUT2D eigenvalue weighted by Crippen LogP contribution is 2.43. The minimum atomic E-state index is -1.05. The Bertz CT molecular complexity index is 1160. The van der Waals surface area contributed by atoms with Crippen molar-refractivity contribution in [2.24, 2.45) is 18.9 Å². The third-order valence-corrected chi connectivity index (χ3v) is 7.34. The Morgan fingerprint density at radius 3 is 2.64 bits per heavy atom. The molecule has 1 aliphatic heterocycles. The molecule has 3 N–H and O–H groups in total. The molecule has 2 aromatic rings. The van der Waals surface area contributed by atoms with E-state index in [4.69, 9.17) is 4.74 Å². The number of carboxylic acid groups (broad SMARTS) is 1. The van der Waals surface area contributed by atoms with Gasteiger partial charge in [0, 0.05) is 46.1 Å². The Hall–Kier alpha value is -3.33. The van der Waals surface area contributed by atoms with Gasteiger partial charge in [-0.15, -0.1) is 0 Å². The van der Waals surface area contributed by atoms with Crippen molar-refractivity contribution in [3.05, 3.63) is 63.6 Å². The van der Waals surface area contributed by atoms with E-state index in [0.717, 1.165) is 42.4 Å². The second-order valence-corrected chi connectivity index (χ2v) is 9.99. The number of piperidine rings is 1. The van der Waals surface area contributed by atoms with Gasteiger partial charge in [-0.05, 0) is 78.8 Å². The van der Waals surface area contributed by atoms with Crippen molar-refractivity contribution in [1.29, 1.82) is 0 Å². The van der Waals surface area contributed by atoms with E-state index in [1.54, 1.807) is 38.6 Å². The van der Waals surface area contributed by atoms with Crippen LogP contribution in [0.5, 0.6) is 5.75 Å². The van der Waals surface area contributed by atoms with Crippen LogP contribution in [0.3, 0.4) is 0 Å². The number of nitrogens with one attached hydrogen (secondary N) is 1.